The van der Waals surface area contributed by atoms with Crippen molar-refractivity contribution in [2.75, 3.05) is 18.5 Å². The summed E-state index contributed by atoms with van der Waals surface area (Å²) in [6, 6.07) is 5.75. The van der Waals surface area contributed by atoms with Crippen LogP contribution in [0.3, 0.4) is 0 Å². The molecular formula is C18H14N2O8S2. The summed E-state index contributed by atoms with van der Waals surface area (Å²) >= 11 is 1.73. The molecule has 0 aliphatic carbocycles. The number of nitro groups is 1. The maximum absolute atomic E-state index is 12.4. The fraction of sp³-hybridized carbons (Fsp3) is 0.167. The van der Waals surface area contributed by atoms with Crippen LogP contribution < -0.4 is 5.32 Å². The number of hydrogen-bond donors (Lipinski definition) is 1. The van der Waals surface area contributed by atoms with Crippen molar-refractivity contribution in [2.45, 2.75) is 6.92 Å². The van der Waals surface area contributed by atoms with Crippen molar-refractivity contribution in [1.82, 2.24) is 0 Å². The Bertz CT molecular complexity index is 1080. The van der Waals surface area contributed by atoms with Gasteiger partial charge in [-0.3, -0.25) is 14.9 Å². The highest BCUT2D eigenvalue weighted by Gasteiger charge is 2.24. The molecule has 0 aromatic carbocycles. The van der Waals surface area contributed by atoms with Crippen molar-refractivity contribution in [2.24, 2.45) is 0 Å². The summed E-state index contributed by atoms with van der Waals surface area (Å²) in [7, 11) is 0. The quantitative estimate of drug-likeness (QED) is 0.309. The van der Waals surface area contributed by atoms with Crippen molar-refractivity contribution in [1.29, 1.82) is 0 Å². The van der Waals surface area contributed by atoms with Gasteiger partial charge in [0.05, 0.1) is 17.8 Å². The molecule has 30 heavy (non-hydrogen) atoms. The van der Waals surface area contributed by atoms with Crippen LogP contribution in [0.2, 0.25) is 0 Å². The lowest BCUT2D eigenvalue weighted by Gasteiger charge is -2.08. The Morgan fingerprint density at radius 2 is 2.00 bits per heavy atom. The van der Waals surface area contributed by atoms with Crippen LogP contribution in [0.5, 0.6) is 0 Å². The Balaban J connectivity index is 1.69. The number of nitrogens with zero attached hydrogens (tertiary/aromatic N) is 1. The van der Waals surface area contributed by atoms with E-state index in [0.717, 1.165) is 11.3 Å². The number of nitrogens with one attached hydrogen (secondary N) is 1. The zero-order chi connectivity index (χ0) is 21.7. The Morgan fingerprint density at radius 3 is 2.63 bits per heavy atom. The average molecular weight is 450 g/mol. The van der Waals surface area contributed by atoms with E-state index in [4.69, 9.17) is 13.9 Å². The zero-order valence-electron chi connectivity index (χ0n) is 15.4. The highest BCUT2D eigenvalue weighted by atomic mass is 32.1. The number of thiophene rings is 2. The van der Waals surface area contributed by atoms with Gasteiger partial charge in [0.1, 0.15) is 21.2 Å². The second-order valence-corrected chi connectivity index (χ2v) is 7.51. The van der Waals surface area contributed by atoms with Gasteiger partial charge in [-0.15, -0.1) is 11.3 Å². The van der Waals surface area contributed by atoms with Crippen LogP contribution in [0.1, 0.15) is 27.0 Å². The number of furan rings is 1. The molecule has 12 heteroatoms. The first-order chi connectivity index (χ1) is 14.4. The monoisotopic (exact) mass is 450 g/mol. The molecule has 0 saturated heterocycles. The molecule has 3 aromatic rings. The molecule has 0 radical (unpaired) electrons. The summed E-state index contributed by atoms with van der Waals surface area (Å²) in [4.78, 5) is 46.6. The highest BCUT2D eigenvalue weighted by molar-refractivity contribution is 7.17. The Morgan fingerprint density at radius 1 is 1.20 bits per heavy atom. The maximum atomic E-state index is 12.4. The van der Waals surface area contributed by atoms with Gasteiger partial charge in [0.15, 0.2) is 6.61 Å². The standard InChI is InChI=1S/C18H14N2O8S2/c1-2-26-18(23)15-10(11-4-3-7-27-11)9-29-16(15)19-13(21)8-28-17(22)12-5-6-14(30-12)20(24)25/h3-7,9H,2,8H2,1H3,(H,19,21). The lowest BCUT2D eigenvalue weighted by Crippen LogP contribution is -2.21. The minimum atomic E-state index is -0.865. The first-order valence-corrected chi connectivity index (χ1v) is 10.1. The van der Waals surface area contributed by atoms with Crippen LogP contribution in [0.25, 0.3) is 11.3 Å². The molecule has 156 valence electrons. The third-order valence-corrected chi connectivity index (χ3v) is 5.53. The summed E-state index contributed by atoms with van der Waals surface area (Å²) in [6.45, 7) is 1.16. The first kappa shape index (κ1) is 21.2. The number of anilines is 1. The van der Waals surface area contributed by atoms with Crippen LogP contribution in [0.4, 0.5) is 10.0 Å². The summed E-state index contributed by atoms with van der Waals surface area (Å²) in [6.07, 6.45) is 1.45. The van der Waals surface area contributed by atoms with E-state index in [1.54, 1.807) is 24.4 Å². The van der Waals surface area contributed by atoms with E-state index in [9.17, 15) is 24.5 Å². The Hall–Kier alpha value is -3.51. The maximum Gasteiger partial charge on any atom is 0.349 e. The largest absolute Gasteiger partial charge is 0.464 e. The zero-order valence-corrected chi connectivity index (χ0v) is 17.0. The Kier molecular flexibility index (Phi) is 6.59. The van der Waals surface area contributed by atoms with Gasteiger partial charge in [-0.05, 0) is 25.1 Å². The molecule has 0 aliphatic heterocycles. The second kappa shape index (κ2) is 9.33. The van der Waals surface area contributed by atoms with Gasteiger partial charge < -0.3 is 19.2 Å². The van der Waals surface area contributed by atoms with Gasteiger partial charge in [0.2, 0.25) is 0 Å². The summed E-state index contributed by atoms with van der Waals surface area (Å²) in [5.41, 5.74) is 0.590. The van der Waals surface area contributed by atoms with Gasteiger partial charge in [-0.1, -0.05) is 11.3 Å². The van der Waals surface area contributed by atoms with E-state index in [1.807, 2.05) is 0 Å². The predicted molar refractivity (Wildman–Crippen MR) is 108 cm³/mol. The summed E-state index contributed by atoms with van der Waals surface area (Å²) < 4.78 is 15.3. The van der Waals surface area contributed by atoms with E-state index in [1.165, 1.54) is 18.4 Å². The number of rotatable bonds is 8. The average Bonchev–Trinajstić information content (AvgIpc) is 3.45. The Labute approximate surface area is 177 Å². The molecule has 3 aromatic heterocycles. The molecule has 1 N–H and O–H groups in total. The van der Waals surface area contributed by atoms with Crippen molar-refractivity contribution in [3.05, 3.63) is 56.5 Å². The number of carbonyl (C=O) groups is 3. The van der Waals surface area contributed by atoms with Crippen LogP contribution >= 0.6 is 22.7 Å². The molecule has 10 nitrogen and oxygen atoms in total. The molecule has 0 bridgehead atoms. The molecule has 0 aliphatic rings. The smallest absolute Gasteiger partial charge is 0.349 e. The normalized spacial score (nSPS) is 10.4. The van der Waals surface area contributed by atoms with E-state index in [0.29, 0.717) is 22.7 Å². The number of carbonyl (C=O) groups excluding carboxylic acids is 3. The molecule has 0 saturated carbocycles. The molecule has 3 rings (SSSR count). The summed E-state index contributed by atoms with van der Waals surface area (Å²) in [5.74, 6) is -1.76. The van der Waals surface area contributed by atoms with E-state index >= 15 is 0 Å². The van der Waals surface area contributed by atoms with Gasteiger partial charge in [0.25, 0.3) is 5.91 Å². The lowest BCUT2D eigenvalue weighted by molar-refractivity contribution is -0.380. The topological polar surface area (TPSA) is 138 Å². The SMILES string of the molecule is CCOC(=O)c1c(-c2ccco2)csc1NC(=O)COC(=O)c1ccc([N+](=O)[O-])s1. The highest BCUT2D eigenvalue weighted by Crippen LogP contribution is 2.36. The van der Waals surface area contributed by atoms with Gasteiger partial charge >= 0.3 is 16.9 Å². The van der Waals surface area contributed by atoms with E-state index in [-0.39, 0.29) is 27.0 Å². The molecule has 0 fully saturated rings. The van der Waals surface area contributed by atoms with Crippen molar-refractivity contribution < 1.29 is 33.2 Å². The second-order valence-electron chi connectivity index (χ2n) is 5.57. The minimum Gasteiger partial charge on any atom is -0.464 e. The summed E-state index contributed by atoms with van der Waals surface area (Å²) in [5, 5.41) is 14.8. The van der Waals surface area contributed by atoms with Crippen molar-refractivity contribution in [3.8, 4) is 11.3 Å². The van der Waals surface area contributed by atoms with Gasteiger partial charge in [-0.25, -0.2) is 9.59 Å². The minimum absolute atomic E-state index is 0.00191. The fourth-order valence-electron chi connectivity index (χ4n) is 2.37. The van der Waals surface area contributed by atoms with E-state index < -0.39 is 29.4 Å². The molecule has 3 heterocycles. The molecule has 0 atom stereocenters. The van der Waals surface area contributed by atoms with Crippen LogP contribution in [0.15, 0.2) is 40.3 Å². The lowest BCUT2D eigenvalue weighted by atomic mass is 10.1. The van der Waals surface area contributed by atoms with Gasteiger partial charge in [0, 0.05) is 17.0 Å². The van der Waals surface area contributed by atoms with Crippen molar-refractivity contribution >= 4 is 50.5 Å². The number of ether oxygens (including phenoxy) is 2. The molecular weight excluding hydrogens is 436 g/mol. The number of esters is 2. The molecule has 1 amide bonds. The van der Waals surface area contributed by atoms with Crippen LogP contribution in [0, 0.1) is 10.1 Å². The molecule has 0 unspecified atom stereocenters. The van der Waals surface area contributed by atoms with Crippen molar-refractivity contribution in [3.63, 3.8) is 0 Å². The van der Waals surface area contributed by atoms with Crippen LogP contribution in [-0.2, 0) is 14.3 Å². The number of amides is 1. The van der Waals surface area contributed by atoms with Gasteiger partial charge in [-0.2, -0.15) is 0 Å². The predicted octanol–water partition coefficient (Wildman–Crippen LogP) is 3.95. The first-order valence-electron chi connectivity index (χ1n) is 8.44. The third-order valence-electron chi connectivity index (χ3n) is 3.62. The van der Waals surface area contributed by atoms with E-state index in [2.05, 4.69) is 5.32 Å². The third kappa shape index (κ3) is 4.72. The fourth-order valence-corrected chi connectivity index (χ4v) is 4.04. The number of hydrogen-bond acceptors (Lipinski definition) is 10. The van der Waals surface area contributed by atoms with Crippen LogP contribution in [-0.4, -0.2) is 36.0 Å². The molecule has 0 spiro atoms.